The van der Waals surface area contributed by atoms with Gasteiger partial charge in [0.15, 0.2) is 0 Å². The summed E-state index contributed by atoms with van der Waals surface area (Å²) in [5.74, 6) is 0.349. The van der Waals surface area contributed by atoms with Gasteiger partial charge in [-0.1, -0.05) is 25.3 Å². The van der Waals surface area contributed by atoms with Crippen molar-refractivity contribution in [2.24, 2.45) is 5.92 Å². The van der Waals surface area contributed by atoms with Crippen molar-refractivity contribution in [2.45, 2.75) is 39.0 Å². The molecule has 148 valence electrons. The highest BCUT2D eigenvalue weighted by atomic mass is 16.5. The second-order valence-electron chi connectivity index (χ2n) is 7.27. The van der Waals surface area contributed by atoms with Crippen LogP contribution in [0.3, 0.4) is 0 Å². The number of rotatable bonds is 5. The molecule has 2 aromatic carbocycles. The van der Waals surface area contributed by atoms with E-state index in [1.807, 2.05) is 13.0 Å². The standard InChI is InChI=1S/C22H27N3O3/c1-14-8-9-16(23)12-18(14)22(27)24-17-10-11-20(28-2)19(13-17)25-21(26)15-6-4-3-5-7-15/h8-13,15H,3-7,23H2,1-2H3,(H,24,27)(H,25,26). The molecule has 0 unspecified atom stereocenters. The average molecular weight is 381 g/mol. The molecule has 6 heteroatoms. The van der Waals surface area contributed by atoms with Crippen molar-refractivity contribution < 1.29 is 14.3 Å². The normalized spacial score (nSPS) is 14.4. The Morgan fingerprint density at radius 3 is 2.50 bits per heavy atom. The van der Waals surface area contributed by atoms with E-state index in [9.17, 15) is 9.59 Å². The molecule has 1 aliphatic carbocycles. The maximum atomic E-state index is 12.6. The van der Waals surface area contributed by atoms with Crippen molar-refractivity contribution in [1.29, 1.82) is 0 Å². The lowest BCUT2D eigenvalue weighted by Crippen LogP contribution is -2.25. The Labute approximate surface area is 165 Å². The molecule has 28 heavy (non-hydrogen) atoms. The van der Waals surface area contributed by atoms with Gasteiger partial charge in [0.1, 0.15) is 5.75 Å². The van der Waals surface area contributed by atoms with Gasteiger partial charge in [-0.15, -0.1) is 0 Å². The molecule has 2 amide bonds. The number of nitrogens with two attached hydrogens (primary N) is 1. The number of aryl methyl sites for hydroxylation is 1. The number of hydrogen-bond donors (Lipinski definition) is 3. The number of carbonyl (C=O) groups excluding carboxylic acids is 2. The van der Waals surface area contributed by atoms with Crippen molar-refractivity contribution in [3.8, 4) is 5.75 Å². The van der Waals surface area contributed by atoms with Crippen molar-refractivity contribution in [3.05, 3.63) is 47.5 Å². The van der Waals surface area contributed by atoms with Crippen LogP contribution in [-0.4, -0.2) is 18.9 Å². The molecule has 0 heterocycles. The molecule has 6 nitrogen and oxygen atoms in total. The van der Waals surface area contributed by atoms with Gasteiger partial charge in [-0.3, -0.25) is 9.59 Å². The Hall–Kier alpha value is -3.02. The molecule has 0 atom stereocenters. The summed E-state index contributed by atoms with van der Waals surface area (Å²) in [5, 5.41) is 5.84. The first kappa shape index (κ1) is 19.7. The Balaban J connectivity index is 1.77. The minimum Gasteiger partial charge on any atom is -0.495 e. The van der Waals surface area contributed by atoms with Crippen LogP contribution in [0.1, 0.15) is 48.0 Å². The fourth-order valence-corrected chi connectivity index (χ4v) is 3.57. The molecule has 0 aliphatic heterocycles. The fraction of sp³-hybridized carbons (Fsp3) is 0.364. The van der Waals surface area contributed by atoms with Crippen LogP contribution in [0.4, 0.5) is 17.1 Å². The Kier molecular flexibility index (Phi) is 6.19. The zero-order chi connectivity index (χ0) is 20.1. The van der Waals surface area contributed by atoms with Crippen LogP contribution in [0, 0.1) is 12.8 Å². The van der Waals surface area contributed by atoms with E-state index < -0.39 is 0 Å². The molecule has 0 radical (unpaired) electrons. The highest BCUT2D eigenvalue weighted by Crippen LogP contribution is 2.31. The van der Waals surface area contributed by atoms with Gasteiger partial charge in [0.2, 0.25) is 5.91 Å². The van der Waals surface area contributed by atoms with E-state index >= 15 is 0 Å². The summed E-state index contributed by atoms with van der Waals surface area (Å²) < 4.78 is 5.37. The lowest BCUT2D eigenvalue weighted by atomic mass is 9.88. The number of methoxy groups -OCH3 is 1. The second kappa shape index (κ2) is 8.78. The number of benzene rings is 2. The monoisotopic (exact) mass is 381 g/mol. The van der Waals surface area contributed by atoms with Crippen LogP contribution < -0.4 is 21.1 Å². The Bertz CT molecular complexity index is 873. The van der Waals surface area contributed by atoms with Crippen LogP contribution in [0.15, 0.2) is 36.4 Å². The van der Waals surface area contributed by atoms with E-state index in [1.165, 1.54) is 6.42 Å². The number of carbonyl (C=O) groups is 2. The molecule has 2 aromatic rings. The van der Waals surface area contributed by atoms with E-state index in [-0.39, 0.29) is 17.7 Å². The number of anilines is 3. The molecular formula is C22H27N3O3. The lowest BCUT2D eigenvalue weighted by Gasteiger charge is -2.21. The van der Waals surface area contributed by atoms with Gasteiger partial charge >= 0.3 is 0 Å². The molecule has 0 bridgehead atoms. The summed E-state index contributed by atoms with van der Waals surface area (Å²) in [6.07, 6.45) is 5.20. The predicted octanol–water partition coefficient (Wildman–Crippen LogP) is 4.36. The first-order valence-corrected chi connectivity index (χ1v) is 9.64. The van der Waals surface area contributed by atoms with Gasteiger partial charge in [0, 0.05) is 22.9 Å². The van der Waals surface area contributed by atoms with Crippen molar-refractivity contribution in [2.75, 3.05) is 23.5 Å². The van der Waals surface area contributed by atoms with Gasteiger partial charge in [-0.25, -0.2) is 0 Å². The Morgan fingerprint density at radius 2 is 1.79 bits per heavy atom. The predicted molar refractivity (Wildman–Crippen MR) is 112 cm³/mol. The van der Waals surface area contributed by atoms with Crippen LogP contribution in [0.2, 0.25) is 0 Å². The summed E-state index contributed by atoms with van der Waals surface area (Å²) in [4.78, 5) is 25.2. The molecular weight excluding hydrogens is 354 g/mol. The fourth-order valence-electron chi connectivity index (χ4n) is 3.57. The minimum absolute atomic E-state index is 0.00755. The minimum atomic E-state index is -0.250. The quantitative estimate of drug-likeness (QED) is 0.671. The van der Waals surface area contributed by atoms with Crippen molar-refractivity contribution >= 4 is 28.9 Å². The van der Waals surface area contributed by atoms with Gasteiger partial charge in [0.05, 0.1) is 12.8 Å². The summed E-state index contributed by atoms with van der Waals surface area (Å²) in [6, 6.07) is 10.4. The van der Waals surface area contributed by atoms with Gasteiger partial charge < -0.3 is 21.1 Å². The molecule has 0 spiro atoms. The zero-order valence-electron chi connectivity index (χ0n) is 16.4. The van der Waals surface area contributed by atoms with E-state index in [4.69, 9.17) is 10.5 Å². The van der Waals surface area contributed by atoms with E-state index in [0.29, 0.717) is 28.4 Å². The third-order valence-electron chi connectivity index (χ3n) is 5.20. The molecule has 4 N–H and O–H groups in total. The van der Waals surface area contributed by atoms with Crippen LogP contribution in [-0.2, 0) is 4.79 Å². The van der Waals surface area contributed by atoms with Crippen molar-refractivity contribution in [3.63, 3.8) is 0 Å². The van der Waals surface area contributed by atoms with E-state index in [0.717, 1.165) is 31.2 Å². The molecule has 0 saturated heterocycles. The van der Waals surface area contributed by atoms with E-state index in [2.05, 4.69) is 10.6 Å². The zero-order valence-corrected chi connectivity index (χ0v) is 16.4. The number of ether oxygens (including phenoxy) is 1. The molecule has 3 rings (SSSR count). The van der Waals surface area contributed by atoms with Gasteiger partial charge in [-0.2, -0.15) is 0 Å². The van der Waals surface area contributed by atoms with Crippen LogP contribution >= 0.6 is 0 Å². The summed E-state index contributed by atoms with van der Waals surface area (Å²) in [5.41, 5.74) is 8.82. The van der Waals surface area contributed by atoms with Crippen LogP contribution in [0.25, 0.3) is 0 Å². The highest BCUT2D eigenvalue weighted by molar-refractivity contribution is 6.06. The smallest absolute Gasteiger partial charge is 0.256 e. The number of nitrogens with one attached hydrogen (secondary N) is 2. The highest BCUT2D eigenvalue weighted by Gasteiger charge is 2.22. The average Bonchev–Trinajstić information content (AvgIpc) is 2.70. The summed E-state index contributed by atoms with van der Waals surface area (Å²) in [6.45, 7) is 1.86. The first-order valence-electron chi connectivity index (χ1n) is 9.64. The largest absolute Gasteiger partial charge is 0.495 e. The maximum Gasteiger partial charge on any atom is 0.256 e. The molecule has 1 aliphatic rings. The van der Waals surface area contributed by atoms with Gasteiger partial charge in [-0.05, 0) is 55.7 Å². The number of hydrogen-bond acceptors (Lipinski definition) is 4. The van der Waals surface area contributed by atoms with Crippen LogP contribution in [0.5, 0.6) is 5.75 Å². The third-order valence-corrected chi connectivity index (χ3v) is 5.20. The number of amides is 2. The summed E-state index contributed by atoms with van der Waals surface area (Å²) >= 11 is 0. The molecule has 1 fully saturated rings. The maximum absolute atomic E-state index is 12.6. The Morgan fingerprint density at radius 1 is 1.04 bits per heavy atom. The molecule has 0 aromatic heterocycles. The third kappa shape index (κ3) is 4.63. The first-order chi connectivity index (χ1) is 13.5. The lowest BCUT2D eigenvalue weighted by molar-refractivity contribution is -0.120. The second-order valence-corrected chi connectivity index (χ2v) is 7.27. The van der Waals surface area contributed by atoms with Gasteiger partial charge in [0.25, 0.3) is 5.91 Å². The molecule has 1 saturated carbocycles. The van der Waals surface area contributed by atoms with Crippen molar-refractivity contribution in [1.82, 2.24) is 0 Å². The SMILES string of the molecule is COc1ccc(NC(=O)c2cc(N)ccc2C)cc1NC(=O)C1CCCCC1. The topological polar surface area (TPSA) is 93.4 Å². The number of nitrogen functional groups attached to an aromatic ring is 1. The van der Waals surface area contributed by atoms with E-state index in [1.54, 1.807) is 37.4 Å². The summed E-state index contributed by atoms with van der Waals surface area (Å²) in [7, 11) is 1.56.